The zero-order valence-corrected chi connectivity index (χ0v) is 14.2. The number of carbonyl (C=O) groups excluding carboxylic acids is 1. The molecule has 122 valence electrons. The van der Waals surface area contributed by atoms with E-state index in [1.807, 2.05) is 55.5 Å². The number of hydrogen-bond donors (Lipinski definition) is 1. The smallest absolute Gasteiger partial charge is 0.310 e. The number of hydrogen-bond acceptors (Lipinski definition) is 4. The summed E-state index contributed by atoms with van der Waals surface area (Å²) in [5.74, 6) is -0.297. The number of methoxy groups -OCH3 is 1. The van der Waals surface area contributed by atoms with E-state index in [0.717, 1.165) is 33.5 Å². The molecular formula is C19H17ClN2O2. The van der Waals surface area contributed by atoms with E-state index in [2.05, 4.69) is 10.3 Å². The average Bonchev–Trinajstić information content (AvgIpc) is 2.59. The Morgan fingerprint density at radius 1 is 1.17 bits per heavy atom. The first-order chi connectivity index (χ1) is 11.6. The number of para-hydroxylation sites is 1. The molecular weight excluding hydrogens is 324 g/mol. The van der Waals surface area contributed by atoms with Crippen LogP contribution < -0.4 is 5.32 Å². The molecule has 0 fully saturated rings. The van der Waals surface area contributed by atoms with Crippen LogP contribution in [0.5, 0.6) is 0 Å². The van der Waals surface area contributed by atoms with Gasteiger partial charge in [-0.05, 0) is 37.3 Å². The number of benzene rings is 2. The highest BCUT2D eigenvalue weighted by Crippen LogP contribution is 2.32. The molecule has 0 amide bonds. The third-order valence-corrected chi connectivity index (χ3v) is 4.11. The van der Waals surface area contributed by atoms with Crippen LogP contribution in [0.3, 0.4) is 0 Å². The third-order valence-electron chi connectivity index (χ3n) is 3.86. The molecule has 0 aliphatic heterocycles. The van der Waals surface area contributed by atoms with E-state index in [1.54, 1.807) is 0 Å². The van der Waals surface area contributed by atoms with Gasteiger partial charge < -0.3 is 10.1 Å². The number of anilines is 2. The van der Waals surface area contributed by atoms with Gasteiger partial charge in [0.15, 0.2) is 0 Å². The first-order valence-electron chi connectivity index (χ1n) is 7.56. The van der Waals surface area contributed by atoms with Gasteiger partial charge in [0.2, 0.25) is 0 Å². The second kappa shape index (κ2) is 6.89. The fourth-order valence-corrected chi connectivity index (χ4v) is 2.75. The first kappa shape index (κ1) is 16.3. The lowest BCUT2D eigenvalue weighted by Gasteiger charge is -2.17. The van der Waals surface area contributed by atoms with Crippen molar-refractivity contribution in [2.45, 2.75) is 13.3 Å². The standard InChI is InChI=1S/C19H17ClN2O2/c1-12-16(11-18(23)24-2)19(15-5-3-4-6-17(15)21-12)22-14-9-7-13(20)8-10-14/h3-10H,11H2,1-2H3,(H,21,22). The molecule has 0 unspecified atom stereocenters. The fraction of sp³-hybridized carbons (Fsp3) is 0.158. The fourth-order valence-electron chi connectivity index (χ4n) is 2.63. The third kappa shape index (κ3) is 3.34. The number of nitrogens with zero attached hydrogens (tertiary/aromatic N) is 1. The highest BCUT2D eigenvalue weighted by Gasteiger charge is 2.16. The molecule has 1 N–H and O–H groups in total. The summed E-state index contributed by atoms with van der Waals surface area (Å²) in [6, 6.07) is 15.3. The average molecular weight is 341 g/mol. The first-order valence-corrected chi connectivity index (χ1v) is 7.94. The van der Waals surface area contributed by atoms with Gasteiger partial charge >= 0.3 is 5.97 Å². The van der Waals surface area contributed by atoms with Gasteiger partial charge in [-0.2, -0.15) is 0 Å². The molecule has 0 bridgehead atoms. The number of esters is 1. The number of pyridine rings is 1. The maximum atomic E-state index is 11.8. The van der Waals surface area contributed by atoms with Gasteiger partial charge in [0.25, 0.3) is 0 Å². The van der Waals surface area contributed by atoms with Gasteiger partial charge in [-0.3, -0.25) is 9.78 Å². The predicted molar refractivity (Wildman–Crippen MR) is 96.9 cm³/mol. The Balaban J connectivity index is 2.15. The van der Waals surface area contributed by atoms with Gasteiger partial charge in [-0.15, -0.1) is 0 Å². The van der Waals surface area contributed by atoms with Gasteiger partial charge in [0.1, 0.15) is 0 Å². The molecule has 0 saturated carbocycles. The minimum atomic E-state index is -0.297. The van der Waals surface area contributed by atoms with Crippen LogP contribution in [0.25, 0.3) is 10.9 Å². The Kier molecular flexibility index (Phi) is 4.67. The van der Waals surface area contributed by atoms with Gasteiger partial charge in [0, 0.05) is 27.4 Å². The van der Waals surface area contributed by atoms with Crippen LogP contribution in [-0.2, 0) is 16.0 Å². The molecule has 5 heteroatoms. The van der Waals surface area contributed by atoms with Crippen LogP contribution >= 0.6 is 11.6 Å². The molecule has 1 aromatic heterocycles. The number of ether oxygens (including phenoxy) is 1. The van der Waals surface area contributed by atoms with Gasteiger partial charge in [-0.25, -0.2) is 0 Å². The van der Waals surface area contributed by atoms with Crippen molar-refractivity contribution in [1.82, 2.24) is 4.98 Å². The number of rotatable bonds is 4. The maximum absolute atomic E-state index is 11.8. The minimum absolute atomic E-state index is 0.163. The molecule has 24 heavy (non-hydrogen) atoms. The van der Waals surface area contributed by atoms with Crippen molar-refractivity contribution in [2.24, 2.45) is 0 Å². The van der Waals surface area contributed by atoms with Crippen LogP contribution in [0.4, 0.5) is 11.4 Å². The summed E-state index contributed by atoms with van der Waals surface area (Å²) in [5, 5.41) is 5.03. The van der Waals surface area contributed by atoms with Crippen molar-refractivity contribution in [3.05, 3.63) is 64.8 Å². The molecule has 0 saturated heterocycles. The topological polar surface area (TPSA) is 51.2 Å². The molecule has 0 aliphatic rings. The largest absolute Gasteiger partial charge is 0.469 e. The van der Waals surface area contributed by atoms with E-state index in [4.69, 9.17) is 16.3 Å². The van der Waals surface area contributed by atoms with Gasteiger partial charge in [0.05, 0.1) is 24.7 Å². The molecule has 0 atom stereocenters. The summed E-state index contributed by atoms with van der Waals surface area (Å²) in [7, 11) is 1.39. The molecule has 0 aliphatic carbocycles. The Bertz CT molecular complexity index is 892. The second-order valence-corrected chi connectivity index (χ2v) is 5.89. The molecule has 4 nitrogen and oxygen atoms in total. The number of aryl methyl sites for hydroxylation is 1. The predicted octanol–water partition coefficient (Wildman–Crippen LogP) is 4.66. The molecule has 0 spiro atoms. The van der Waals surface area contributed by atoms with Gasteiger partial charge in [-0.1, -0.05) is 29.8 Å². The van der Waals surface area contributed by atoms with Crippen molar-refractivity contribution in [2.75, 3.05) is 12.4 Å². The van der Waals surface area contributed by atoms with Crippen LogP contribution in [-0.4, -0.2) is 18.1 Å². The lowest BCUT2D eigenvalue weighted by atomic mass is 10.0. The minimum Gasteiger partial charge on any atom is -0.469 e. The van der Waals surface area contributed by atoms with Crippen molar-refractivity contribution >= 4 is 39.8 Å². The Morgan fingerprint density at radius 3 is 2.58 bits per heavy atom. The van der Waals surface area contributed by atoms with E-state index >= 15 is 0 Å². The summed E-state index contributed by atoms with van der Waals surface area (Å²) in [6.07, 6.45) is 0.163. The zero-order chi connectivity index (χ0) is 17.1. The Morgan fingerprint density at radius 2 is 1.88 bits per heavy atom. The van der Waals surface area contributed by atoms with Crippen molar-refractivity contribution in [1.29, 1.82) is 0 Å². The number of carbonyl (C=O) groups is 1. The number of halogens is 1. The summed E-state index contributed by atoms with van der Waals surface area (Å²) < 4.78 is 4.83. The highest BCUT2D eigenvalue weighted by atomic mass is 35.5. The van der Waals surface area contributed by atoms with E-state index in [1.165, 1.54) is 7.11 Å². The van der Waals surface area contributed by atoms with Crippen molar-refractivity contribution < 1.29 is 9.53 Å². The lowest BCUT2D eigenvalue weighted by molar-refractivity contribution is -0.139. The summed E-state index contributed by atoms with van der Waals surface area (Å²) >= 11 is 5.95. The number of aromatic nitrogens is 1. The number of fused-ring (bicyclic) bond motifs is 1. The van der Waals surface area contributed by atoms with E-state index in [9.17, 15) is 4.79 Å². The molecule has 3 rings (SSSR count). The Labute approximate surface area is 145 Å². The van der Waals surface area contributed by atoms with Crippen molar-refractivity contribution in [3.63, 3.8) is 0 Å². The van der Waals surface area contributed by atoms with Crippen LogP contribution in [0.1, 0.15) is 11.3 Å². The van der Waals surface area contributed by atoms with Crippen molar-refractivity contribution in [3.8, 4) is 0 Å². The summed E-state index contributed by atoms with van der Waals surface area (Å²) in [6.45, 7) is 1.90. The quantitative estimate of drug-likeness (QED) is 0.702. The second-order valence-electron chi connectivity index (χ2n) is 5.45. The molecule has 1 heterocycles. The normalized spacial score (nSPS) is 10.6. The highest BCUT2D eigenvalue weighted by molar-refractivity contribution is 6.30. The number of nitrogens with one attached hydrogen (secondary N) is 1. The lowest BCUT2D eigenvalue weighted by Crippen LogP contribution is -2.10. The van der Waals surface area contributed by atoms with Crippen LogP contribution in [0, 0.1) is 6.92 Å². The van der Waals surface area contributed by atoms with E-state index in [0.29, 0.717) is 5.02 Å². The zero-order valence-electron chi connectivity index (χ0n) is 13.5. The maximum Gasteiger partial charge on any atom is 0.310 e. The SMILES string of the molecule is COC(=O)Cc1c(C)nc2ccccc2c1Nc1ccc(Cl)cc1. The monoisotopic (exact) mass is 340 g/mol. The molecule has 0 radical (unpaired) electrons. The molecule has 3 aromatic rings. The summed E-state index contributed by atoms with van der Waals surface area (Å²) in [5.41, 5.74) is 4.26. The van der Waals surface area contributed by atoms with Crippen LogP contribution in [0.2, 0.25) is 5.02 Å². The van der Waals surface area contributed by atoms with Crippen LogP contribution in [0.15, 0.2) is 48.5 Å². The van der Waals surface area contributed by atoms with E-state index in [-0.39, 0.29) is 12.4 Å². The molecule has 2 aromatic carbocycles. The Hall–Kier alpha value is -2.59. The van der Waals surface area contributed by atoms with E-state index < -0.39 is 0 Å². The summed E-state index contributed by atoms with van der Waals surface area (Å²) in [4.78, 5) is 16.4.